The normalized spacial score (nSPS) is 13.4. The molecule has 8 heteroatoms. The molecule has 0 fully saturated rings. The molecule has 0 saturated heterocycles. The van der Waals surface area contributed by atoms with Crippen LogP contribution in [0.1, 0.15) is 16.8 Å². The lowest BCUT2D eigenvalue weighted by molar-refractivity contribution is 1.06. The van der Waals surface area contributed by atoms with Crippen LogP contribution in [0.25, 0.3) is 90.2 Å². The molecule has 0 spiro atoms. The monoisotopic (exact) mass is 822 g/mol. The van der Waals surface area contributed by atoms with Crippen molar-refractivity contribution in [3.63, 3.8) is 0 Å². The van der Waals surface area contributed by atoms with E-state index in [0.717, 1.165) is 94.8 Å². The van der Waals surface area contributed by atoms with Crippen molar-refractivity contribution in [1.82, 2.24) is 34.5 Å². The van der Waals surface area contributed by atoms with Gasteiger partial charge in [-0.05, 0) is 94.5 Å². The Morgan fingerprint density at radius 3 is 1.89 bits per heavy atom. The van der Waals surface area contributed by atoms with Crippen molar-refractivity contribution in [2.75, 3.05) is 0 Å². The van der Waals surface area contributed by atoms with E-state index in [0.29, 0.717) is 24.0 Å². The van der Waals surface area contributed by atoms with Crippen molar-refractivity contribution in [3.8, 4) is 62.2 Å². The second-order valence-electron chi connectivity index (χ2n) is 15.5. The zero-order valence-corrected chi connectivity index (χ0v) is 34.6. The molecule has 5 aromatic heterocycles. The van der Waals surface area contributed by atoms with Crippen LogP contribution < -0.4 is 0 Å². The van der Waals surface area contributed by atoms with E-state index in [9.17, 15) is 0 Å². The molecule has 1 aliphatic carbocycles. The number of aromatic nitrogens is 7. The summed E-state index contributed by atoms with van der Waals surface area (Å²) in [4.78, 5) is 34.7. The van der Waals surface area contributed by atoms with E-state index in [1.165, 1.54) is 0 Å². The fourth-order valence-electron chi connectivity index (χ4n) is 8.36. The Morgan fingerprint density at radius 2 is 1.16 bits per heavy atom. The number of allylic oxidation sites excluding steroid dienone is 4. The zero-order chi connectivity index (χ0) is 42.8. The SMILES string of the molecule is C=C/C=C1/C=Cc2cccnc2C1=NCc1cccc(-c2cc(-c3ccc4c(c3)c3cccnc3n4-c3ccccn3)cc(-c3nc(-c4ccccc4)nc(-c4ccccc4)n3)c2)c1. The van der Waals surface area contributed by atoms with Crippen molar-refractivity contribution >= 4 is 33.7 Å². The Hall–Kier alpha value is -8.75. The Labute approximate surface area is 370 Å². The topological polar surface area (TPSA) is 94.6 Å². The third kappa shape index (κ3) is 7.29. The van der Waals surface area contributed by atoms with Crippen LogP contribution in [0.3, 0.4) is 0 Å². The standard InChI is InChI=1S/C56H38N8/c1-2-14-38-24-25-39-21-12-29-58-51(39)52(38)60-36-37-15-11-20-42(31-37)44-32-45(43-26-27-49-48(35-43)47-22-13-30-59-56(47)64(49)50-23-9-10-28-57-50)34-46(33-44)55-62-53(40-16-5-3-6-17-40)61-54(63-55)41-18-7-4-8-19-41/h2-35H,1,36H2/b38-14-,60-52?. The van der Waals surface area contributed by atoms with Crippen LogP contribution in [0.5, 0.6) is 0 Å². The van der Waals surface area contributed by atoms with Crippen molar-refractivity contribution < 1.29 is 0 Å². The Kier molecular flexibility index (Phi) is 9.91. The van der Waals surface area contributed by atoms with Gasteiger partial charge >= 0.3 is 0 Å². The van der Waals surface area contributed by atoms with Crippen LogP contribution in [-0.4, -0.2) is 40.2 Å². The molecule has 5 aromatic carbocycles. The average Bonchev–Trinajstić information content (AvgIpc) is 3.70. The van der Waals surface area contributed by atoms with Crippen LogP contribution in [0, 0.1) is 0 Å². The quantitative estimate of drug-likeness (QED) is 0.144. The van der Waals surface area contributed by atoms with Gasteiger partial charge in [0, 0.05) is 57.2 Å². The van der Waals surface area contributed by atoms with Crippen LogP contribution in [0.4, 0.5) is 0 Å². The molecule has 302 valence electrons. The van der Waals surface area contributed by atoms with Gasteiger partial charge in [0.05, 0.1) is 23.5 Å². The van der Waals surface area contributed by atoms with Gasteiger partial charge in [-0.15, -0.1) is 0 Å². The van der Waals surface area contributed by atoms with Gasteiger partial charge in [0.1, 0.15) is 11.5 Å². The fourth-order valence-corrected chi connectivity index (χ4v) is 8.36. The minimum atomic E-state index is 0.466. The average molecular weight is 823 g/mol. The maximum absolute atomic E-state index is 5.16. The maximum Gasteiger partial charge on any atom is 0.164 e. The summed E-state index contributed by atoms with van der Waals surface area (Å²) in [5, 5.41) is 2.13. The minimum Gasteiger partial charge on any atom is -0.278 e. The van der Waals surface area contributed by atoms with Gasteiger partial charge in [0.25, 0.3) is 0 Å². The molecule has 0 unspecified atom stereocenters. The first kappa shape index (κ1) is 38.2. The van der Waals surface area contributed by atoms with Crippen molar-refractivity contribution in [3.05, 3.63) is 230 Å². The highest BCUT2D eigenvalue weighted by atomic mass is 15.1. The van der Waals surface area contributed by atoms with Gasteiger partial charge in [0.15, 0.2) is 17.5 Å². The summed E-state index contributed by atoms with van der Waals surface area (Å²) in [5.41, 5.74) is 13.5. The number of hydrogen-bond acceptors (Lipinski definition) is 7. The zero-order valence-electron chi connectivity index (χ0n) is 34.6. The van der Waals surface area contributed by atoms with Crippen molar-refractivity contribution in [2.45, 2.75) is 6.54 Å². The van der Waals surface area contributed by atoms with E-state index in [1.54, 1.807) is 6.08 Å². The molecule has 8 nitrogen and oxygen atoms in total. The highest BCUT2D eigenvalue weighted by molar-refractivity contribution is 6.17. The predicted molar refractivity (Wildman–Crippen MR) is 259 cm³/mol. The number of rotatable bonds is 9. The molecule has 64 heavy (non-hydrogen) atoms. The number of benzene rings is 5. The van der Waals surface area contributed by atoms with E-state index in [4.69, 9.17) is 34.9 Å². The van der Waals surface area contributed by atoms with Gasteiger partial charge in [-0.2, -0.15) is 0 Å². The van der Waals surface area contributed by atoms with Gasteiger partial charge in [-0.1, -0.05) is 128 Å². The molecule has 0 N–H and O–H groups in total. The number of hydrogen-bond donors (Lipinski definition) is 0. The summed E-state index contributed by atoms with van der Waals surface area (Å²) < 4.78 is 2.13. The molecular weight excluding hydrogens is 785 g/mol. The Morgan fingerprint density at radius 1 is 0.500 bits per heavy atom. The highest BCUT2D eigenvalue weighted by Crippen LogP contribution is 2.37. The van der Waals surface area contributed by atoms with Crippen LogP contribution in [0.15, 0.2) is 218 Å². The summed E-state index contributed by atoms with van der Waals surface area (Å²) in [6.07, 6.45) is 13.4. The minimum absolute atomic E-state index is 0.466. The third-order valence-electron chi connectivity index (χ3n) is 11.4. The second-order valence-corrected chi connectivity index (χ2v) is 15.5. The smallest absolute Gasteiger partial charge is 0.164 e. The summed E-state index contributed by atoms with van der Waals surface area (Å²) in [5.74, 6) is 2.60. The number of aliphatic imine (C=N–C) groups is 1. The molecule has 10 aromatic rings. The lowest BCUT2D eigenvalue weighted by atomic mass is 9.94. The molecule has 0 bridgehead atoms. The largest absolute Gasteiger partial charge is 0.278 e. The molecule has 0 radical (unpaired) electrons. The van der Waals surface area contributed by atoms with Gasteiger partial charge in [-0.25, -0.2) is 24.9 Å². The number of fused-ring (bicyclic) bond motifs is 4. The van der Waals surface area contributed by atoms with Crippen LogP contribution in [-0.2, 0) is 6.54 Å². The van der Waals surface area contributed by atoms with Crippen LogP contribution in [0.2, 0.25) is 0 Å². The van der Waals surface area contributed by atoms with E-state index in [-0.39, 0.29) is 0 Å². The number of nitrogens with zero attached hydrogens (tertiary/aromatic N) is 8. The summed E-state index contributed by atoms with van der Waals surface area (Å²) in [6.45, 7) is 4.41. The van der Waals surface area contributed by atoms with Crippen LogP contribution >= 0.6 is 0 Å². The van der Waals surface area contributed by atoms with E-state index < -0.39 is 0 Å². The maximum atomic E-state index is 5.16. The van der Waals surface area contributed by atoms with E-state index in [2.05, 4.69) is 96.1 Å². The first-order valence-electron chi connectivity index (χ1n) is 21.1. The molecule has 5 heterocycles. The Balaban J connectivity index is 1.08. The molecular formula is C56H38N8. The highest BCUT2D eigenvalue weighted by Gasteiger charge is 2.19. The fraction of sp³-hybridized carbons (Fsp3) is 0.0179. The molecule has 0 saturated carbocycles. The Bertz CT molecular complexity index is 3420. The first-order valence-corrected chi connectivity index (χ1v) is 21.1. The molecule has 0 amide bonds. The first-order chi connectivity index (χ1) is 31.7. The van der Waals surface area contributed by atoms with Crippen molar-refractivity contribution in [2.24, 2.45) is 4.99 Å². The number of pyridine rings is 3. The lowest BCUT2D eigenvalue weighted by Gasteiger charge is -2.15. The molecule has 0 aliphatic heterocycles. The summed E-state index contributed by atoms with van der Waals surface area (Å²) in [7, 11) is 0. The van der Waals surface area contributed by atoms with E-state index >= 15 is 0 Å². The molecule has 11 rings (SSSR count). The molecule has 1 aliphatic rings. The van der Waals surface area contributed by atoms with Gasteiger partial charge in [-0.3, -0.25) is 14.5 Å². The van der Waals surface area contributed by atoms with Gasteiger partial charge in [0.2, 0.25) is 0 Å². The van der Waals surface area contributed by atoms with E-state index in [1.807, 2.05) is 116 Å². The van der Waals surface area contributed by atoms with Gasteiger partial charge < -0.3 is 0 Å². The lowest BCUT2D eigenvalue weighted by Crippen LogP contribution is -2.12. The third-order valence-corrected chi connectivity index (χ3v) is 11.4. The summed E-state index contributed by atoms with van der Waals surface area (Å²) in [6, 6.07) is 56.0. The van der Waals surface area contributed by atoms with Crippen molar-refractivity contribution in [1.29, 1.82) is 0 Å². The molecule has 0 atom stereocenters. The summed E-state index contributed by atoms with van der Waals surface area (Å²) >= 11 is 0. The predicted octanol–water partition coefficient (Wildman–Crippen LogP) is 12.6. The second kappa shape index (κ2) is 16.6.